The van der Waals surface area contributed by atoms with Crippen molar-refractivity contribution in [2.45, 2.75) is 31.3 Å². The standard InChI is InChI=1S/C14H17N3O3S/c1-5-6-17-10(3)15-16-14(17)21-8-11-7-12(9(2)20-11)13(18)19-4/h5,7H,1,6,8H2,2-4H3. The molecule has 0 amide bonds. The minimum atomic E-state index is -0.391. The van der Waals surface area contributed by atoms with Gasteiger partial charge in [-0.05, 0) is 19.9 Å². The van der Waals surface area contributed by atoms with Gasteiger partial charge in [-0.1, -0.05) is 17.8 Å². The van der Waals surface area contributed by atoms with E-state index in [0.717, 1.165) is 11.0 Å². The topological polar surface area (TPSA) is 70.2 Å². The van der Waals surface area contributed by atoms with Crippen molar-refractivity contribution in [1.82, 2.24) is 14.8 Å². The van der Waals surface area contributed by atoms with Gasteiger partial charge in [0.2, 0.25) is 0 Å². The quantitative estimate of drug-likeness (QED) is 0.464. The molecule has 2 heterocycles. The lowest BCUT2D eigenvalue weighted by atomic mass is 10.2. The van der Waals surface area contributed by atoms with Crippen LogP contribution in [0.3, 0.4) is 0 Å². The summed E-state index contributed by atoms with van der Waals surface area (Å²) in [5, 5.41) is 8.97. The fraction of sp³-hybridized carbons (Fsp3) is 0.357. The highest BCUT2D eigenvalue weighted by Crippen LogP contribution is 2.25. The van der Waals surface area contributed by atoms with E-state index in [1.807, 2.05) is 11.5 Å². The third-order valence-corrected chi connectivity index (χ3v) is 3.92. The first-order valence-electron chi connectivity index (χ1n) is 6.38. The normalized spacial score (nSPS) is 10.6. The van der Waals surface area contributed by atoms with Crippen molar-refractivity contribution in [3.8, 4) is 0 Å². The minimum Gasteiger partial charge on any atom is -0.465 e. The van der Waals surface area contributed by atoms with Gasteiger partial charge >= 0.3 is 5.97 Å². The highest BCUT2D eigenvalue weighted by Gasteiger charge is 2.16. The molecule has 7 heteroatoms. The van der Waals surface area contributed by atoms with E-state index in [9.17, 15) is 4.79 Å². The molecule has 0 aromatic carbocycles. The summed E-state index contributed by atoms with van der Waals surface area (Å²) in [6.07, 6.45) is 1.80. The van der Waals surface area contributed by atoms with E-state index in [1.165, 1.54) is 18.9 Å². The molecule has 0 aliphatic carbocycles. The number of ether oxygens (including phenoxy) is 1. The van der Waals surface area contributed by atoms with E-state index in [4.69, 9.17) is 9.15 Å². The smallest absolute Gasteiger partial charge is 0.341 e. The molecule has 0 aliphatic heterocycles. The number of rotatable bonds is 6. The molecule has 0 radical (unpaired) electrons. The van der Waals surface area contributed by atoms with Crippen molar-refractivity contribution in [3.63, 3.8) is 0 Å². The molecule has 0 unspecified atom stereocenters. The lowest BCUT2D eigenvalue weighted by Gasteiger charge is -2.03. The third kappa shape index (κ3) is 3.36. The van der Waals surface area contributed by atoms with Gasteiger partial charge in [0.05, 0.1) is 12.9 Å². The maximum atomic E-state index is 11.5. The Balaban J connectivity index is 2.10. The molecule has 2 aromatic heterocycles. The molecule has 112 valence electrons. The van der Waals surface area contributed by atoms with Crippen LogP contribution in [-0.4, -0.2) is 27.8 Å². The molecule has 0 bridgehead atoms. The summed E-state index contributed by atoms with van der Waals surface area (Å²) < 4.78 is 12.2. The Morgan fingerprint density at radius 1 is 1.52 bits per heavy atom. The number of aromatic nitrogens is 3. The number of esters is 1. The molecule has 0 fully saturated rings. The monoisotopic (exact) mass is 307 g/mol. The lowest BCUT2D eigenvalue weighted by molar-refractivity contribution is 0.0599. The van der Waals surface area contributed by atoms with Crippen molar-refractivity contribution < 1.29 is 13.9 Å². The van der Waals surface area contributed by atoms with Gasteiger partial charge in [-0.3, -0.25) is 0 Å². The second-order valence-corrected chi connectivity index (χ2v) is 5.33. The van der Waals surface area contributed by atoms with Gasteiger partial charge in [0, 0.05) is 6.54 Å². The van der Waals surface area contributed by atoms with E-state index >= 15 is 0 Å². The number of aryl methyl sites for hydroxylation is 2. The predicted octanol–water partition coefficient (Wildman–Crippen LogP) is 2.75. The first-order chi connectivity index (χ1) is 10.1. The Morgan fingerprint density at radius 2 is 2.29 bits per heavy atom. The van der Waals surface area contributed by atoms with Gasteiger partial charge in [-0.2, -0.15) is 0 Å². The van der Waals surface area contributed by atoms with E-state index in [-0.39, 0.29) is 0 Å². The van der Waals surface area contributed by atoms with E-state index in [2.05, 4.69) is 16.8 Å². The molecule has 21 heavy (non-hydrogen) atoms. The second kappa shape index (κ2) is 6.62. The van der Waals surface area contributed by atoms with Crippen LogP contribution in [0.15, 0.2) is 28.3 Å². The average molecular weight is 307 g/mol. The molecule has 2 rings (SSSR count). The van der Waals surface area contributed by atoms with Crippen molar-refractivity contribution in [3.05, 3.63) is 41.6 Å². The molecule has 2 aromatic rings. The number of thioether (sulfide) groups is 1. The Hall–Kier alpha value is -2.02. The van der Waals surface area contributed by atoms with Gasteiger partial charge in [-0.15, -0.1) is 16.8 Å². The minimum absolute atomic E-state index is 0.391. The summed E-state index contributed by atoms with van der Waals surface area (Å²) in [4.78, 5) is 11.5. The summed E-state index contributed by atoms with van der Waals surface area (Å²) in [7, 11) is 1.35. The number of hydrogen-bond acceptors (Lipinski definition) is 6. The van der Waals surface area contributed by atoms with Crippen molar-refractivity contribution in [1.29, 1.82) is 0 Å². The van der Waals surface area contributed by atoms with Crippen LogP contribution in [0.1, 0.15) is 27.7 Å². The van der Waals surface area contributed by atoms with Crippen LogP contribution >= 0.6 is 11.8 Å². The number of methoxy groups -OCH3 is 1. The second-order valence-electron chi connectivity index (χ2n) is 4.39. The predicted molar refractivity (Wildman–Crippen MR) is 79.3 cm³/mol. The molecule has 6 nitrogen and oxygen atoms in total. The summed E-state index contributed by atoms with van der Waals surface area (Å²) in [6.45, 7) is 8.02. The Kier molecular flexibility index (Phi) is 4.85. The van der Waals surface area contributed by atoms with Gasteiger partial charge in [-0.25, -0.2) is 4.79 Å². The third-order valence-electron chi connectivity index (χ3n) is 2.93. The van der Waals surface area contributed by atoms with Crippen LogP contribution in [0, 0.1) is 13.8 Å². The highest BCUT2D eigenvalue weighted by atomic mass is 32.2. The van der Waals surface area contributed by atoms with Crippen LogP contribution in [-0.2, 0) is 17.0 Å². The summed E-state index contributed by atoms with van der Waals surface area (Å²) in [5.74, 6) is 2.26. The van der Waals surface area contributed by atoms with Crippen LogP contribution < -0.4 is 0 Å². The molecular formula is C14H17N3O3S. The van der Waals surface area contributed by atoms with Crippen LogP contribution in [0.5, 0.6) is 0 Å². The molecule has 0 saturated carbocycles. The zero-order valence-electron chi connectivity index (χ0n) is 12.3. The van der Waals surface area contributed by atoms with E-state index in [1.54, 1.807) is 19.1 Å². The van der Waals surface area contributed by atoms with Gasteiger partial charge in [0.25, 0.3) is 0 Å². The van der Waals surface area contributed by atoms with Crippen LogP contribution in [0.2, 0.25) is 0 Å². The zero-order chi connectivity index (χ0) is 15.4. The molecule has 0 N–H and O–H groups in total. The van der Waals surface area contributed by atoms with Crippen molar-refractivity contribution in [2.24, 2.45) is 0 Å². The molecule has 0 aliphatic rings. The molecular weight excluding hydrogens is 290 g/mol. The average Bonchev–Trinajstić information content (AvgIpc) is 3.01. The first-order valence-corrected chi connectivity index (χ1v) is 7.36. The highest BCUT2D eigenvalue weighted by molar-refractivity contribution is 7.98. The van der Waals surface area contributed by atoms with Gasteiger partial charge in [0.1, 0.15) is 22.9 Å². The SMILES string of the molecule is C=CCn1c(C)nnc1SCc1cc(C(=O)OC)c(C)o1. The summed E-state index contributed by atoms with van der Waals surface area (Å²) >= 11 is 1.50. The van der Waals surface area contributed by atoms with E-state index in [0.29, 0.717) is 29.4 Å². The summed E-state index contributed by atoms with van der Waals surface area (Å²) in [5.41, 5.74) is 0.455. The maximum absolute atomic E-state index is 11.5. The lowest BCUT2D eigenvalue weighted by Crippen LogP contribution is -2.00. The number of carbonyl (C=O) groups excluding carboxylic acids is 1. The number of hydrogen-bond donors (Lipinski definition) is 0. The van der Waals surface area contributed by atoms with Crippen LogP contribution in [0.25, 0.3) is 0 Å². The molecule has 0 saturated heterocycles. The van der Waals surface area contributed by atoms with E-state index < -0.39 is 5.97 Å². The molecule has 0 spiro atoms. The largest absolute Gasteiger partial charge is 0.465 e. The zero-order valence-corrected chi connectivity index (χ0v) is 13.1. The number of nitrogens with zero attached hydrogens (tertiary/aromatic N) is 3. The number of allylic oxidation sites excluding steroid dienone is 1. The van der Waals surface area contributed by atoms with Gasteiger partial charge < -0.3 is 13.7 Å². The maximum Gasteiger partial charge on any atom is 0.341 e. The number of carbonyl (C=O) groups is 1. The fourth-order valence-electron chi connectivity index (χ4n) is 1.87. The molecule has 0 atom stereocenters. The Bertz CT molecular complexity index is 660. The Morgan fingerprint density at radius 3 is 2.95 bits per heavy atom. The first kappa shape index (κ1) is 15.4. The number of furan rings is 1. The fourth-order valence-corrected chi connectivity index (χ4v) is 2.75. The summed E-state index contributed by atoms with van der Waals surface area (Å²) in [6, 6.07) is 1.70. The van der Waals surface area contributed by atoms with Gasteiger partial charge in [0.15, 0.2) is 5.16 Å². The van der Waals surface area contributed by atoms with Crippen molar-refractivity contribution in [2.75, 3.05) is 7.11 Å². The van der Waals surface area contributed by atoms with Crippen molar-refractivity contribution >= 4 is 17.7 Å². The van der Waals surface area contributed by atoms with Crippen LogP contribution in [0.4, 0.5) is 0 Å². The Labute approximate surface area is 127 Å².